The lowest BCUT2D eigenvalue weighted by atomic mass is 10.2. The summed E-state index contributed by atoms with van der Waals surface area (Å²) in [7, 11) is 0. The first-order valence-electron chi connectivity index (χ1n) is 4.78. The van der Waals surface area contributed by atoms with E-state index in [-0.39, 0.29) is 5.69 Å². The van der Waals surface area contributed by atoms with Gasteiger partial charge in [-0.2, -0.15) is 0 Å². The molecule has 0 amide bonds. The maximum Gasteiger partial charge on any atom is 0.355 e. The van der Waals surface area contributed by atoms with Crippen LogP contribution in [0.3, 0.4) is 0 Å². The summed E-state index contributed by atoms with van der Waals surface area (Å²) in [6.07, 6.45) is 0. The molecule has 6 heteroatoms. The highest BCUT2D eigenvalue weighted by Crippen LogP contribution is 2.26. The Morgan fingerprint density at radius 1 is 1.53 bits per heavy atom. The lowest BCUT2D eigenvalue weighted by Crippen LogP contribution is -1.97. The van der Waals surface area contributed by atoms with Gasteiger partial charge in [0.05, 0.1) is 0 Å². The highest BCUT2D eigenvalue weighted by atomic mass is 35.5. The number of hydrogen-bond acceptors (Lipinski definition) is 4. The summed E-state index contributed by atoms with van der Waals surface area (Å²) in [4.78, 5) is 14.6. The maximum absolute atomic E-state index is 10.7. The minimum Gasteiger partial charge on any atom is -0.476 e. The Hall–Kier alpha value is -1.59. The number of carboxylic acid groups (broad SMARTS) is 1. The number of aromatic nitrogens is 1. The number of anilines is 2. The first kappa shape index (κ1) is 11.9. The standard InChI is InChI=1S/C11H9ClN2O2S/c1-6-2-3-7(12)4-8(6)13-11-14-9(5-17-11)10(15)16/h2-5H,1H3,(H,13,14)(H,15,16). The number of carboxylic acids is 1. The second kappa shape index (κ2) is 4.73. The van der Waals surface area contributed by atoms with Gasteiger partial charge in [-0.25, -0.2) is 9.78 Å². The summed E-state index contributed by atoms with van der Waals surface area (Å²) in [6, 6.07) is 5.46. The van der Waals surface area contributed by atoms with E-state index in [0.29, 0.717) is 10.2 Å². The van der Waals surface area contributed by atoms with Crippen molar-refractivity contribution in [2.75, 3.05) is 5.32 Å². The van der Waals surface area contributed by atoms with Crippen molar-refractivity contribution in [3.63, 3.8) is 0 Å². The number of nitrogens with one attached hydrogen (secondary N) is 1. The van der Waals surface area contributed by atoms with E-state index in [4.69, 9.17) is 16.7 Å². The summed E-state index contributed by atoms with van der Waals surface area (Å²) in [6.45, 7) is 1.93. The minimum absolute atomic E-state index is 0.0391. The van der Waals surface area contributed by atoms with Crippen LogP contribution in [0.15, 0.2) is 23.6 Å². The van der Waals surface area contributed by atoms with Gasteiger partial charge < -0.3 is 10.4 Å². The number of carbonyl (C=O) groups is 1. The summed E-state index contributed by atoms with van der Waals surface area (Å²) in [5, 5.41) is 14.5. The second-order valence-corrected chi connectivity index (χ2v) is 4.72. The first-order chi connectivity index (χ1) is 8.06. The number of aryl methyl sites for hydroxylation is 1. The maximum atomic E-state index is 10.7. The van der Waals surface area contributed by atoms with Gasteiger partial charge >= 0.3 is 5.97 Å². The van der Waals surface area contributed by atoms with Gasteiger partial charge in [0, 0.05) is 16.1 Å². The van der Waals surface area contributed by atoms with Crippen LogP contribution >= 0.6 is 22.9 Å². The fraction of sp³-hybridized carbons (Fsp3) is 0.0909. The molecule has 0 aliphatic carbocycles. The van der Waals surface area contributed by atoms with E-state index in [0.717, 1.165) is 11.3 Å². The van der Waals surface area contributed by atoms with Crippen molar-refractivity contribution >= 4 is 39.7 Å². The summed E-state index contributed by atoms with van der Waals surface area (Å²) in [5.74, 6) is -1.03. The molecule has 0 aliphatic rings. The topological polar surface area (TPSA) is 62.2 Å². The lowest BCUT2D eigenvalue weighted by molar-refractivity contribution is 0.0691. The fourth-order valence-corrected chi connectivity index (χ4v) is 2.14. The second-order valence-electron chi connectivity index (χ2n) is 3.43. The Kier molecular flexibility index (Phi) is 3.31. The SMILES string of the molecule is Cc1ccc(Cl)cc1Nc1nc(C(=O)O)cs1. The van der Waals surface area contributed by atoms with Gasteiger partial charge in [-0.05, 0) is 24.6 Å². The fourth-order valence-electron chi connectivity index (χ4n) is 1.27. The van der Waals surface area contributed by atoms with E-state index < -0.39 is 5.97 Å². The molecule has 4 nitrogen and oxygen atoms in total. The molecule has 1 heterocycles. The van der Waals surface area contributed by atoms with Crippen molar-refractivity contribution in [3.8, 4) is 0 Å². The third kappa shape index (κ3) is 2.75. The van der Waals surface area contributed by atoms with E-state index in [2.05, 4.69) is 10.3 Å². The van der Waals surface area contributed by atoms with E-state index in [1.807, 2.05) is 13.0 Å². The summed E-state index contributed by atoms with van der Waals surface area (Å²) < 4.78 is 0. The predicted molar refractivity (Wildman–Crippen MR) is 68.5 cm³/mol. The van der Waals surface area contributed by atoms with E-state index >= 15 is 0 Å². The zero-order chi connectivity index (χ0) is 12.4. The number of benzene rings is 1. The van der Waals surface area contributed by atoms with E-state index in [1.165, 1.54) is 16.7 Å². The quantitative estimate of drug-likeness (QED) is 0.894. The van der Waals surface area contributed by atoms with Gasteiger partial charge in [-0.3, -0.25) is 0 Å². The molecule has 2 N–H and O–H groups in total. The molecule has 0 fully saturated rings. The molecule has 0 aliphatic heterocycles. The van der Waals surface area contributed by atoms with Crippen molar-refractivity contribution in [2.45, 2.75) is 6.92 Å². The first-order valence-corrected chi connectivity index (χ1v) is 6.04. The Morgan fingerprint density at radius 3 is 2.94 bits per heavy atom. The summed E-state index contributed by atoms with van der Waals surface area (Å²) >= 11 is 7.13. The molecule has 2 rings (SSSR count). The molecule has 0 bridgehead atoms. The van der Waals surface area contributed by atoms with Gasteiger partial charge in [-0.1, -0.05) is 17.7 Å². The Morgan fingerprint density at radius 2 is 2.29 bits per heavy atom. The molecular formula is C11H9ClN2O2S. The highest BCUT2D eigenvalue weighted by Gasteiger charge is 2.09. The van der Waals surface area contributed by atoms with Crippen molar-refractivity contribution in [3.05, 3.63) is 39.9 Å². The van der Waals surface area contributed by atoms with Crippen molar-refractivity contribution in [2.24, 2.45) is 0 Å². The highest BCUT2D eigenvalue weighted by molar-refractivity contribution is 7.14. The van der Waals surface area contributed by atoms with Crippen LogP contribution in [0.4, 0.5) is 10.8 Å². The van der Waals surface area contributed by atoms with Crippen LogP contribution in [-0.4, -0.2) is 16.1 Å². The van der Waals surface area contributed by atoms with Gasteiger partial charge in [0.1, 0.15) is 0 Å². The largest absolute Gasteiger partial charge is 0.476 e. The molecule has 0 saturated carbocycles. The average Bonchev–Trinajstić information content (AvgIpc) is 2.72. The molecule has 0 saturated heterocycles. The van der Waals surface area contributed by atoms with Gasteiger partial charge in [0.25, 0.3) is 0 Å². The number of aromatic carboxylic acids is 1. The number of nitrogens with zero attached hydrogens (tertiary/aromatic N) is 1. The molecule has 17 heavy (non-hydrogen) atoms. The van der Waals surface area contributed by atoms with E-state index in [9.17, 15) is 4.79 Å². The van der Waals surface area contributed by atoms with Crippen LogP contribution in [0.25, 0.3) is 0 Å². The number of halogens is 1. The molecular weight excluding hydrogens is 260 g/mol. The van der Waals surface area contributed by atoms with Crippen LogP contribution in [-0.2, 0) is 0 Å². The normalized spacial score (nSPS) is 10.2. The lowest BCUT2D eigenvalue weighted by Gasteiger charge is -2.06. The van der Waals surface area contributed by atoms with Crippen LogP contribution in [0, 0.1) is 6.92 Å². The summed E-state index contributed by atoms with van der Waals surface area (Å²) in [5.41, 5.74) is 1.88. The zero-order valence-corrected chi connectivity index (χ0v) is 10.5. The van der Waals surface area contributed by atoms with Crippen molar-refractivity contribution < 1.29 is 9.90 Å². The molecule has 0 atom stereocenters. The predicted octanol–water partition coefficient (Wildman–Crippen LogP) is 3.55. The van der Waals surface area contributed by atoms with Crippen molar-refractivity contribution in [1.29, 1.82) is 0 Å². The third-order valence-corrected chi connectivity index (χ3v) is 3.16. The molecule has 1 aromatic heterocycles. The van der Waals surface area contributed by atoms with Gasteiger partial charge in [0.2, 0.25) is 0 Å². The third-order valence-electron chi connectivity index (χ3n) is 2.16. The van der Waals surface area contributed by atoms with Crippen LogP contribution in [0.1, 0.15) is 16.1 Å². The molecule has 0 unspecified atom stereocenters. The average molecular weight is 269 g/mol. The Bertz CT molecular complexity index is 568. The Balaban J connectivity index is 2.25. The number of hydrogen-bond donors (Lipinski definition) is 2. The molecule has 0 spiro atoms. The van der Waals surface area contributed by atoms with Crippen LogP contribution in [0.2, 0.25) is 5.02 Å². The van der Waals surface area contributed by atoms with Crippen molar-refractivity contribution in [1.82, 2.24) is 4.98 Å². The van der Waals surface area contributed by atoms with Gasteiger partial charge in [-0.15, -0.1) is 11.3 Å². The van der Waals surface area contributed by atoms with E-state index in [1.54, 1.807) is 12.1 Å². The van der Waals surface area contributed by atoms with Gasteiger partial charge in [0.15, 0.2) is 10.8 Å². The Labute approximate surface area is 107 Å². The smallest absolute Gasteiger partial charge is 0.355 e. The van der Waals surface area contributed by atoms with Crippen LogP contribution < -0.4 is 5.32 Å². The molecule has 2 aromatic rings. The monoisotopic (exact) mass is 268 g/mol. The molecule has 0 radical (unpaired) electrons. The zero-order valence-electron chi connectivity index (χ0n) is 8.90. The molecule has 88 valence electrons. The molecule has 1 aromatic carbocycles. The van der Waals surface area contributed by atoms with Crippen LogP contribution in [0.5, 0.6) is 0 Å². The number of rotatable bonds is 3. The number of thiazole rings is 1. The minimum atomic E-state index is -1.03.